The summed E-state index contributed by atoms with van der Waals surface area (Å²) in [7, 11) is 0. The zero-order valence-electron chi connectivity index (χ0n) is 17.6. The topological polar surface area (TPSA) is 81.5 Å². The Bertz CT molecular complexity index is 1260. The lowest BCUT2D eigenvalue weighted by Gasteiger charge is -2.10. The van der Waals surface area contributed by atoms with Gasteiger partial charge in [0.2, 0.25) is 5.91 Å². The van der Waals surface area contributed by atoms with Crippen LogP contribution in [-0.4, -0.2) is 20.1 Å². The van der Waals surface area contributed by atoms with Gasteiger partial charge < -0.3 is 9.73 Å². The molecule has 0 aliphatic rings. The highest BCUT2D eigenvalue weighted by molar-refractivity contribution is 5.83. The standard InChI is InChI=1S/C23H26N4O3/c1-4-21-25-26(23(29)19-13-20-18(27(19)21)12-16(3)30-20)11-5-6-22(28)24-14-17-9-7-15(2)8-10-17/h7-10,12-13H,4-6,11,14H2,1-3H3,(H,24,28). The molecule has 4 aromatic rings. The Labute approximate surface area is 174 Å². The maximum Gasteiger partial charge on any atom is 0.291 e. The van der Waals surface area contributed by atoms with Crippen LogP contribution in [0.15, 0.2) is 45.6 Å². The van der Waals surface area contributed by atoms with Crippen molar-refractivity contribution in [3.63, 3.8) is 0 Å². The number of hydrogen-bond acceptors (Lipinski definition) is 4. The lowest BCUT2D eigenvalue weighted by atomic mass is 10.1. The maximum atomic E-state index is 12.9. The number of carbonyl (C=O) groups is 1. The summed E-state index contributed by atoms with van der Waals surface area (Å²) in [6.45, 7) is 6.83. The highest BCUT2D eigenvalue weighted by atomic mass is 16.3. The maximum absolute atomic E-state index is 12.9. The third kappa shape index (κ3) is 3.87. The van der Waals surface area contributed by atoms with Gasteiger partial charge in [-0.15, -0.1) is 0 Å². The van der Waals surface area contributed by atoms with Gasteiger partial charge in [0.05, 0.1) is 5.52 Å². The van der Waals surface area contributed by atoms with Crippen molar-refractivity contribution in [1.29, 1.82) is 0 Å². The Morgan fingerprint density at radius 3 is 2.63 bits per heavy atom. The van der Waals surface area contributed by atoms with E-state index < -0.39 is 0 Å². The number of rotatable bonds is 7. The van der Waals surface area contributed by atoms with Crippen LogP contribution < -0.4 is 10.9 Å². The minimum atomic E-state index is -0.170. The van der Waals surface area contributed by atoms with Crippen LogP contribution in [0.3, 0.4) is 0 Å². The lowest BCUT2D eigenvalue weighted by Crippen LogP contribution is -2.28. The van der Waals surface area contributed by atoms with Crippen LogP contribution in [0.25, 0.3) is 16.6 Å². The predicted octanol–water partition coefficient (Wildman–Crippen LogP) is 3.52. The molecule has 156 valence electrons. The Morgan fingerprint density at radius 1 is 1.13 bits per heavy atom. The molecule has 0 fully saturated rings. The molecule has 1 amide bonds. The molecular formula is C23H26N4O3. The SMILES string of the molecule is CCc1nn(CCCC(=O)NCc2ccc(C)cc2)c(=O)c2cc3oc(C)cc3n12. The van der Waals surface area contributed by atoms with Crippen molar-refractivity contribution in [3.05, 3.63) is 69.5 Å². The van der Waals surface area contributed by atoms with Gasteiger partial charge in [-0.1, -0.05) is 36.8 Å². The second kappa shape index (κ2) is 8.18. The Morgan fingerprint density at radius 2 is 1.90 bits per heavy atom. The molecule has 7 heteroatoms. The Balaban J connectivity index is 1.43. The molecule has 1 N–H and O–H groups in total. The van der Waals surface area contributed by atoms with Gasteiger partial charge in [0.1, 0.15) is 17.1 Å². The van der Waals surface area contributed by atoms with E-state index in [1.165, 1.54) is 10.2 Å². The normalized spacial score (nSPS) is 11.4. The van der Waals surface area contributed by atoms with Crippen LogP contribution in [0.2, 0.25) is 0 Å². The molecule has 0 saturated carbocycles. The first-order valence-corrected chi connectivity index (χ1v) is 10.3. The molecule has 0 saturated heterocycles. The zero-order chi connectivity index (χ0) is 21.3. The van der Waals surface area contributed by atoms with Gasteiger partial charge in [-0.2, -0.15) is 5.10 Å². The van der Waals surface area contributed by atoms with Crippen LogP contribution >= 0.6 is 0 Å². The molecule has 30 heavy (non-hydrogen) atoms. The van der Waals surface area contributed by atoms with E-state index >= 15 is 0 Å². The minimum Gasteiger partial charge on any atom is -0.460 e. The number of aromatic nitrogens is 3. The fourth-order valence-corrected chi connectivity index (χ4v) is 3.68. The molecule has 3 aromatic heterocycles. The van der Waals surface area contributed by atoms with E-state index in [4.69, 9.17) is 4.42 Å². The molecule has 3 heterocycles. The van der Waals surface area contributed by atoms with Gasteiger partial charge in [-0.3, -0.25) is 14.0 Å². The molecule has 0 aliphatic carbocycles. The van der Waals surface area contributed by atoms with E-state index in [-0.39, 0.29) is 11.5 Å². The minimum absolute atomic E-state index is 0.0314. The fraction of sp³-hybridized carbons (Fsp3) is 0.348. The van der Waals surface area contributed by atoms with Crippen molar-refractivity contribution in [2.75, 3.05) is 0 Å². The van der Waals surface area contributed by atoms with Crippen LogP contribution in [0.1, 0.15) is 42.5 Å². The van der Waals surface area contributed by atoms with Gasteiger partial charge in [0, 0.05) is 38.1 Å². The van der Waals surface area contributed by atoms with Crippen molar-refractivity contribution in [1.82, 2.24) is 19.5 Å². The average Bonchev–Trinajstić information content (AvgIpc) is 3.26. The monoisotopic (exact) mass is 406 g/mol. The second-order valence-electron chi connectivity index (χ2n) is 7.64. The molecule has 0 unspecified atom stereocenters. The summed E-state index contributed by atoms with van der Waals surface area (Å²) in [4.78, 5) is 25.1. The smallest absolute Gasteiger partial charge is 0.291 e. The molecule has 7 nitrogen and oxygen atoms in total. The Kier molecular flexibility index (Phi) is 5.44. The first kappa shape index (κ1) is 19.9. The number of fused-ring (bicyclic) bond motifs is 3. The molecule has 1 aromatic carbocycles. The molecule has 0 aliphatic heterocycles. The number of hydrogen-bond donors (Lipinski definition) is 1. The van der Waals surface area contributed by atoms with Gasteiger partial charge in [0.15, 0.2) is 5.58 Å². The summed E-state index contributed by atoms with van der Waals surface area (Å²) in [5.41, 5.74) is 4.20. The number of nitrogens with zero attached hydrogens (tertiary/aromatic N) is 3. The summed E-state index contributed by atoms with van der Waals surface area (Å²) in [5, 5.41) is 7.47. The van der Waals surface area contributed by atoms with Gasteiger partial charge >= 0.3 is 0 Å². The molecule has 0 bridgehead atoms. The molecule has 4 rings (SSSR count). The molecule has 0 spiro atoms. The van der Waals surface area contributed by atoms with Crippen molar-refractivity contribution in [2.24, 2.45) is 0 Å². The van der Waals surface area contributed by atoms with Gasteiger partial charge in [-0.05, 0) is 25.8 Å². The van der Waals surface area contributed by atoms with Crippen molar-refractivity contribution in [3.8, 4) is 0 Å². The largest absolute Gasteiger partial charge is 0.460 e. The number of amides is 1. The van der Waals surface area contributed by atoms with Gasteiger partial charge in [0.25, 0.3) is 5.56 Å². The number of nitrogens with one attached hydrogen (secondary N) is 1. The fourth-order valence-electron chi connectivity index (χ4n) is 3.68. The summed E-state index contributed by atoms with van der Waals surface area (Å²) in [6.07, 6.45) is 1.57. The van der Waals surface area contributed by atoms with Crippen LogP contribution in [0.4, 0.5) is 0 Å². The van der Waals surface area contributed by atoms with Gasteiger partial charge in [-0.25, -0.2) is 4.68 Å². The van der Waals surface area contributed by atoms with Crippen molar-refractivity contribution in [2.45, 2.75) is 53.1 Å². The highest BCUT2D eigenvalue weighted by Gasteiger charge is 2.16. The third-order valence-corrected chi connectivity index (χ3v) is 5.26. The van der Waals surface area contributed by atoms with E-state index in [0.29, 0.717) is 43.5 Å². The van der Waals surface area contributed by atoms with Crippen molar-refractivity contribution < 1.29 is 9.21 Å². The Hall–Kier alpha value is -3.35. The predicted molar refractivity (Wildman–Crippen MR) is 116 cm³/mol. The first-order valence-electron chi connectivity index (χ1n) is 10.3. The van der Waals surface area contributed by atoms with Crippen LogP contribution in [0, 0.1) is 13.8 Å². The molecule has 0 radical (unpaired) electrons. The lowest BCUT2D eigenvalue weighted by molar-refractivity contribution is -0.121. The third-order valence-electron chi connectivity index (χ3n) is 5.26. The van der Waals surface area contributed by atoms with Crippen LogP contribution in [-0.2, 0) is 24.3 Å². The van der Waals surface area contributed by atoms with E-state index in [9.17, 15) is 9.59 Å². The molecular weight excluding hydrogens is 380 g/mol. The summed E-state index contributed by atoms with van der Waals surface area (Å²) in [5.74, 6) is 1.57. The second-order valence-corrected chi connectivity index (χ2v) is 7.64. The van der Waals surface area contributed by atoms with E-state index in [1.54, 1.807) is 6.07 Å². The number of furan rings is 1. The van der Waals surface area contributed by atoms with E-state index in [1.807, 2.05) is 55.5 Å². The average molecular weight is 406 g/mol. The number of carbonyl (C=O) groups excluding carboxylic acids is 1. The van der Waals surface area contributed by atoms with Crippen LogP contribution in [0.5, 0.6) is 0 Å². The summed E-state index contributed by atoms with van der Waals surface area (Å²) >= 11 is 0. The first-order chi connectivity index (χ1) is 14.5. The van der Waals surface area contributed by atoms with E-state index in [2.05, 4.69) is 10.4 Å². The number of benzene rings is 1. The highest BCUT2D eigenvalue weighted by Crippen LogP contribution is 2.23. The quantitative estimate of drug-likeness (QED) is 0.509. The molecule has 0 atom stereocenters. The zero-order valence-corrected chi connectivity index (χ0v) is 17.6. The summed E-state index contributed by atoms with van der Waals surface area (Å²) < 4.78 is 9.02. The van der Waals surface area contributed by atoms with E-state index in [0.717, 1.165) is 22.7 Å². The summed E-state index contributed by atoms with van der Waals surface area (Å²) in [6, 6.07) is 11.8. The number of aryl methyl sites for hydroxylation is 4. The van der Waals surface area contributed by atoms with Crippen molar-refractivity contribution >= 4 is 22.5 Å².